The lowest BCUT2D eigenvalue weighted by atomic mass is 9.92. The van der Waals surface area contributed by atoms with E-state index >= 15 is 0 Å². The lowest BCUT2D eigenvalue weighted by Crippen LogP contribution is -2.43. The number of esters is 1. The van der Waals surface area contributed by atoms with Crippen LogP contribution in [-0.2, 0) is 9.53 Å². The van der Waals surface area contributed by atoms with Gasteiger partial charge in [0.05, 0.1) is 19.2 Å². The van der Waals surface area contributed by atoms with Crippen molar-refractivity contribution in [1.29, 1.82) is 0 Å². The van der Waals surface area contributed by atoms with E-state index in [4.69, 9.17) is 27.9 Å². The second-order valence-corrected chi connectivity index (χ2v) is 5.34. The van der Waals surface area contributed by atoms with Gasteiger partial charge in [0, 0.05) is 12.6 Å². The first-order valence-electron chi connectivity index (χ1n) is 6.05. The number of aromatic nitrogens is 2. The van der Waals surface area contributed by atoms with Gasteiger partial charge in [0.15, 0.2) is 11.0 Å². The maximum atomic E-state index is 11.6. The first-order valence-corrected chi connectivity index (χ1v) is 6.81. The van der Waals surface area contributed by atoms with Crippen LogP contribution in [0.1, 0.15) is 19.8 Å². The molecule has 1 saturated heterocycles. The molecule has 1 aliphatic heterocycles. The standard InChI is InChI=1S/C12H15Cl2N3O2/c1-7-5-8(12(18)19-2)3-4-17(7)11-10(14)15-6-9(13)16-11/h6-8H,3-5H2,1-2H3. The largest absolute Gasteiger partial charge is 0.469 e. The number of carbonyl (C=O) groups is 1. The van der Waals surface area contributed by atoms with Gasteiger partial charge in [-0.1, -0.05) is 23.2 Å². The molecule has 2 unspecified atom stereocenters. The number of carbonyl (C=O) groups excluding carboxylic acids is 1. The van der Waals surface area contributed by atoms with Crippen LogP contribution in [0.15, 0.2) is 6.20 Å². The molecule has 7 heteroatoms. The average Bonchev–Trinajstić information content (AvgIpc) is 2.41. The van der Waals surface area contributed by atoms with E-state index in [0.29, 0.717) is 35.5 Å². The molecule has 2 rings (SSSR count). The summed E-state index contributed by atoms with van der Waals surface area (Å²) in [5, 5.41) is 0.634. The molecule has 2 heterocycles. The van der Waals surface area contributed by atoms with Gasteiger partial charge in [-0.05, 0) is 19.8 Å². The molecular weight excluding hydrogens is 289 g/mol. The van der Waals surface area contributed by atoms with Gasteiger partial charge in [-0.25, -0.2) is 9.97 Å². The van der Waals surface area contributed by atoms with E-state index in [2.05, 4.69) is 9.97 Å². The normalized spacial score (nSPS) is 23.3. The SMILES string of the molecule is COC(=O)C1CCN(c2nc(Cl)cnc2Cl)C(C)C1. The highest BCUT2D eigenvalue weighted by atomic mass is 35.5. The van der Waals surface area contributed by atoms with Crippen molar-refractivity contribution in [2.75, 3.05) is 18.6 Å². The molecule has 0 N–H and O–H groups in total. The van der Waals surface area contributed by atoms with Crippen molar-refractivity contribution in [2.45, 2.75) is 25.8 Å². The Morgan fingerprint density at radius 2 is 2.26 bits per heavy atom. The Bertz CT molecular complexity index is 484. The van der Waals surface area contributed by atoms with Crippen molar-refractivity contribution < 1.29 is 9.53 Å². The summed E-state index contributed by atoms with van der Waals surface area (Å²) in [6, 6.07) is 0.128. The number of anilines is 1. The molecule has 0 radical (unpaired) electrons. The van der Waals surface area contributed by atoms with E-state index < -0.39 is 0 Å². The van der Waals surface area contributed by atoms with Gasteiger partial charge in [-0.3, -0.25) is 4.79 Å². The number of halogens is 2. The van der Waals surface area contributed by atoms with E-state index in [0.717, 1.165) is 0 Å². The highest BCUT2D eigenvalue weighted by Gasteiger charge is 2.32. The van der Waals surface area contributed by atoms with Crippen LogP contribution in [0.2, 0.25) is 10.3 Å². The maximum Gasteiger partial charge on any atom is 0.308 e. The predicted molar refractivity (Wildman–Crippen MR) is 73.6 cm³/mol. The molecule has 0 aliphatic carbocycles. The molecular formula is C12H15Cl2N3O2. The minimum atomic E-state index is -0.158. The second kappa shape index (κ2) is 5.92. The summed E-state index contributed by atoms with van der Waals surface area (Å²) < 4.78 is 4.79. The first kappa shape index (κ1) is 14.3. The first-order chi connectivity index (χ1) is 9.02. The van der Waals surface area contributed by atoms with Gasteiger partial charge in [0.2, 0.25) is 0 Å². The third-order valence-electron chi connectivity index (χ3n) is 3.36. The van der Waals surface area contributed by atoms with E-state index in [1.165, 1.54) is 13.3 Å². The van der Waals surface area contributed by atoms with E-state index in [1.807, 2.05) is 11.8 Å². The van der Waals surface area contributed by atoms with Gasteiger partial charge in [0.25, 0.3) is 0 Å². The van der Waals surface area contributed by atoms with Crippen molar-refractivity contribution >= 4 is 35.0 Å². The fourth-order valence-corrected chi connectivity index (χ4v) is 2.72. The Labute approximate surface area is 121 Å². The number of ether oxygens (including phenoxy) is 1. The van der Waals surface area contributed by atoms with Crippen LogP contribution in [0.25, 0.3) is 0 Å². The smallest absolute Gasteiger partial charge is 0.308 e. The summed E-state index contributed by atoms with van der Waals surface area (Å²) in [7, 11) is 1.42. The maximum absolute atomic E-state index is 11.6. The molecule has 104 valence electrons. The zero-order valence-corrected chi connectivity index (χ0v) is 12.3. The molecule has 0 bridgehead atoms. The van der Waals surface area contributed by atoms with Gasteiger partial charge < -0.3 is 9.64 Å². The molecule has 1 fully saturated rings. The molecule has 0 amide bonds. The molecule has 2 atom stereocenters. The van der Waals surface area contributed by atoms with Crippen molar-refractivity contribution in [3.63, 3.8) is 0 Å². The van der Waals surface area contributed by atoms with Crippen molar-refractivity contribution in [1.82, 2.24) is 9.97 Å². The predicted octanol–water partition coefficient (Wildman–Crippen LogP) is 2.56. The Balaban J connectivity index is 2.15. The van der Waals surface area contributed by atoms with Crippen molar-refractivity contribution in [3.8, 4) is 0 Å². The number of hydrogen-bond acceptors (Lipinski definition) is 5. The van der Waals surface area contributed by atoms with Crippen LogP contribution in [0, 0.1) is 5.92 Å². The molecule has 5 nitrogen and oxygen atoms in total. The Kier molecular flexibility index (Phi) is 4.47. The summed E-state index contributed by atoms with van der Waals surface area (Å²) in [4.78, 5) is 21.8. The monoisotopic (exact) mass is 303 g/mol. The molecule has 1 aromatic rings. The Morgan fingerprint density at radius 1 is 1.53 bits per heavy atom. The quantitative estimate of drug-likeness (QED) is 0.786. The van der Waals surface area contributed by atoms with Crippen LogP contribution in [-0.4, -0.2) is 35.6 Å². The summed E-state index contributed by atoms with van der Waals surface area (Å²) in [5.41, 5.74) is 0. The Hall–Kier alpha value is -1.07. The van der Waals surface area contributed by atoms with Gasteiger partial charge in [0.1, 0.15) is 5.15 Å². The molecule has 0 spiro atoms. The second-order valence-electron chi connectivity index (χ2n) is 4.59. The van der Waals surface area contributed by atoms with E-state index in [-0.39, 0.29) is 17.9 Å². The number of nitrogens with zero attached hydrogens (tertiary/aromatic N) is 3. The minimum Gasteiger partial charge on any atom is -0.469 e. The van der Waals surface area contributed by atoms with Crippen LogP contribution in [0.3, 0.4) is 0 Å². The molecule has 0 saturated carbocycles. The van der Waals surface area contributed by atoms with Gasteiger partial charge in [-0.2, -0.15) is 0 Å². The summed E-state index contributed by atoms with van der Waals surface area (Å²) >= 11 is 11.9. The highest BCUT2D eigenvalue weighted by molar-refractivity contribution is 6.33. The third-order valence-corrected chi connectivity index (χ3v) is 3.81. The summed E-state index contributed by atoms with van der Waals surface area (Å²) in [6.45, 7) is 2.70. The van der Waals surface area contributed by atoms with Crippen LogP contribution in [0.5, 0.6) is 0 Å². The summed E-state index contributed by atoms with van der Waals surface area (Å²) in [6.07, 6.45) is 2.83. The van der Waals surface area contributed by atoms with Crippen LogP contribution >= 0.6 is 23.2 Å². The number of rotatable bonds is 2. The van der Waals surface area contributed by atoms with Gasteiger partial charge in [-0.15, -0.1) is 0 Å². The Morgan fingerprint density at radius 3 is 2.89 bits per heavy atom. The molecule has 1 aromatic heterocycles. The van der Waals surface area contributed by atoms with E-state index in [9.17, 15) is 4.79 Å². The van der Waals surface area contributed by atoms with Gasteiger partial charge >= 0.3 is 5.97 Å². The third kappa shape index (κ3) is 3.09. The topological polar surface area (TPSA) is 55.3 Å². The molecule has 19 heavy (non-hydrogen) atoms. The average molecular weight is 304 g/mol. The lowest BCUT2D eigenvalue weighted by Gasteiger charge is -2.37. The molecule has 1 aliphatic rings. The zero-order chi connectivity index (χ0) is 14.0. The number of methoxy groups -OCH3 is 1. The lowest BCUT2D eigenvalue weighted by molar-refractivity contribution is -0.146. The van der Waals surface area contributed by atoms with Crippen molar-refractivity contribution in [2.24, 2.45) is 5.92 Å². The van der Waals surface area contributed by atoms with Crippen molar-refractivity contribution in [3.05, 3.63) is 16.5 Å². The minimum absolute atomic E-state index is 0.0674. The van der Waals surface area contributed by atoms with Crippen LogP contribution in [0.4, 0.5) is 5.82 Å². The van der Waals surface area contributed by atoms with Crippen LogP contribution < -0.4 is 4.90 Å². The molecule has 0 aromatic carbocycles. The number of hydrogen-bond donors (Lipinski definition) is 0. The summed E-state index contributed by atoms with van der Waals surface area (Å²) in [5.74, 6) is 0.349. The fourth-order valence-electron chi connectivity index (χ4n) is 2.39. The number of piperidine rings is 1. The zero-order valence-electron chi connectivity index (χ0n) is 10.8. The van der Waals surface area contributed by atoms with E-state index in [1.54, 1.807) is 0 Å². The fraction of sp³-hybridized carbons (Fsp3) is 0.583. The highest BCUT2D eigenvalue weighted by Crippen LogP contribution is 2.31.